The molecule has 1 fully saturated rings. The summed E-state index contributed by atoms with van der Waals surface area (Å²) in [6.07, 6.45) is 3.19. The van der Waals surface area contributed by atoms with Gasteiger partial charge in [-0.3, -0.25) is 10.1 Å². The summed E-state index contributed by atoms with van der Waals surface area (Å²) in [6, 6.07) is 9.15. The summed E-state index contributed by atoms with van der Waals surface area (Å²) in [5.41, 5.74) is 0.995. The maximum atomic E-state index is 12.0. The van der Waals surface area contributed by atoms with Crippen LogP contribution in [0, 0.1) is 0 Å². The number of thiazole rings is 1. The van der Waals surface area contributed by atoms with Crippen LogP contribution in [0.5, 0.6) is 0 Å². The predicted octanol–water partition coefficient (Wildman–Crippen LogP) is 2.07. The van der Waals surface area contributed by atoms with E-state index < -0.39 is 6.03 Å². The van der Waals surface area contributed by atoms with Crippen LogP contribution in [0.25, 0.3) is 0 Å². The summed E-state index contributed by atoms with van der Waals surface area (Å²) >= 11 is 1.66. The lowest BCUT2D eigenvalue weighted by Gasteiger charge is -2.21. The average Bonchev–Trinajstić information content (AvgIpc) is 3.11. The molecule has 1 aromatic carbocycles. The summed E-state index contributed by atoms with van der Waals surface area (Å²) in [5.74, 6) is -0.249. The molecule has 0 spiro atoms. The summed E-state index contributed by atoms with van der Waals surface area (Å²) in [4.78, 5) is 32.8. The summed E-state index contributed by atoms with van der Waals surface area (Å²) in [7, 11) is 0. The van der Waals surface area contributed by atoms with Crippen LogP contribution in [0.4, 0.5) is 9.93 Å². The molecule has 1 aliphatic heterocycles. The smallest absolute Gasteiger partial charge is 0.321 e. The molecular weight excluding hydrogens is 362 g/mol. The molecule has 3 rings (SSSR count). The maximum Gasteiger partial charge on any atom is 0.321 e. The van der Waals surface area contributed by atoms with Gasteiger partial charge >= 0.3 is 6.03 Å². The summed E-state index contributed by atoms with van der Waals surface area (Å²) < 4.78 is 0. The number of hydrogen-bond acceptors (Lipinski definition) is 6. The number of aromatic nitrogens is 1. The number of anilines is 1. The molecule has 1 aliphatic rings. The maximum absolute atomic E-state index is 12.0. The van der Waals surface area contributed by atoms with E-state index in [-0.39, 0.29) is 5.91 Å². The average molecular weight is 388 g/mol. The number of amides is 3. The van der Waals surface area contributed by atoms with E-state index in [0.717, 1.165) is 43.3 Å². The largest absolute Gasteiger partial charge is 0.347 e. The highest BCUT2D eigenvalue weighted by molar-refractivity contribution is 7.13. The summed E-state index contributed by atoms with van der Waals surface area (Å²) in [5, 5.41) is 8.16. The third kappa shape index (κ3) is 6.33. The lowest BCUT2D eigenvalue weighted by Crippen LogP contribution is -2.40. The normalized spacial score (nSPS) is 15.2. The number of carbonyl (C=O) groups is 2. The van der Waals surface area contributed by atoms with Crippen LogP contribution in [0.1, 0.15) is 18.4 Å². The van der Waals surface area contributed by atoms with Gasteiger partial charge in [-0.05, 0) is 18.5 Å². The number of nitrogens with one attached hydrogen (secondary N) is 2. The SMILES string of the molecule is O=C(CCN1CCCN(c2nccs2)CC1)NC(=O)NCc1ccccc1. The number of imide groups is 1. The van der Waals surface area contributed by atoms with E-state index in [1.54, 1.807) is 11.3 Å². The predicted molar refractivity (Wildman–Crippen MR) is 107 cm³/mol. The molecule has 0 atom stereocenters. The van der Waals surface area contributed by atoms with Gasteiger partial charge < -0.3 is 15.1 Å². The van der Waals surface area contributed by atoms with E-state index in [2.05, 4.69) is 25.4 Å². The highest BCUT2D eigenvalue weighted by atomic mass is 32.1. The second-order valence-corrected chi connectivity index (χ2v) is 7.34. The van der Waals surface area contributed by atoms with Crippen molar-refractivity contribution in [3.63, 3.8) is 0 Å². The van der Waals surface area contributed by atoms with Gasteiger partial charge in [0, 0.05) is 50.7 Å². The minimum absolute atomic E-state index is 0.249. The molecule has 1 aromatic heterocycles. The molecule has 27 heavy (non-hydrogen) atoms. The van der Waals surface area contributed by atoms with Crippen molar-refractivity contribution in [1.29, 1.82) is 0 Å². The Labute approximate surface area is 163 Å². The van der Waals surface area contributed by atoms with Crippen LogP contribution in [0.2, 0.25) is 0 Å². The molecule has 7 nitrogen and oxygen atoms in total. The lowest BCUT2D eigenvalue weighted by molar-refractivity contribution is -0.120. The Kier molecular flexibility index (Phi) is 7.18. The first kappa shape index (κ1) is 19.3. The molecule has 3 amide bonds. The minimum Gasteiger partial charge on any atom is -0.347 e. The van der Waals surface area contributed by atoms with Gasteiger partial charge in [0.15, 0.2) is 5.13 Å². The quantitative estimate of drug-likeness (QED) is 0.793. The Balaban J connectivity index is 1.34. The Morgan fingerprint density at radius 1 is 1.11 bits per heavy atom. The van der Waals surface area contributed by atoms with Crippen molar-refractivity contribution in [3.8, 4) is 0 Å². The van der Waals surface area contributed by atoms with Crippen LogP contribution >= 0.6 is 11.3 Å². The third-order valence-corrected chi connectivity index (χ3v) is 5.31. The molecule has 0 unspecified atom stereocenters. The number of carbonyl (C=O) groups excluding carboxylic acids is 2. The van der Waals surface area contributed by atoms with Crippen molar-refractivity contribution in [3.05, 3.63) is 47.5 Å². The van der Waals surface area contributed by atoms with Gasteiger partial charge in [-0.15, -0.1) is 11.3 Å². The van der Waals surface area contributed by atoms with Gasteiger partial charge in [-0.25, -0.2) is 9.78 Å². The molecule has 8 heteroatoms. The van der Waals surface area contributed by atoms with Gasteiger partial charge in [-0.2, -0.15) is 0 Å². The van der Waals surface area contributed by atoms with Gasteiger partial charge in [0.25, 0.3) is 0 Å². The Bertz CT molecular complexity index is 723. The fourth-order valence-electron chi connectivity index (χ4n) is 3.03. The van der Waals surface area contributed by atoms with E-state index in [0.29, 0.717) is 19.5 Å². The molecule has 0 aliphatic carbocycles. The monoisotopic (exact) mass is 387 g/mol. The molecule has 0 saturated carbocycles. The molecular formula is C19H25N5O2S. The minimum atomic E-state index is -0.449. The van der Waals surface area contributed by atoms with Gasteiger partial charge in [-0.1, -0.05) is 30.3 Å². The zero-order valence-electron chi connectivity index (χ0n) is 15.3. The van der Waals surface area contributed by atoms with E-state index in [1.807, 2.05) is 41.9 Å². The zero-order valence-corrected chi connectivity index (χ0v) is 16.1. The Morgan fingerprint density at radius 3 is 2.74 bits per heavy atom. The number of hydrogen-bond donors (Lipinski definition) is 2. The van der Waals surface area contributed by atoms with Gasteiger partial charge in [0.1, 0.15) is 0 Å². The van der Waals surface area contributed by atoms with Crippen LogP contribution in [-0.4, -0.2) is 54.5 Å². The highest BCUT2D eigenvalue weighted by Crippen LogP contribution is 2.18. The number of rotatable bonds is 6. The van der Waals surface area contributed by atoms with Crippen molar-refractivity contribution in [2.45, 2.75) is 19.4 Å². The molecule has 2 N–H and O–H groups in total. The Morgan fingerprint density at radius 2 is 1.96 bits per heavy atom. The lowest BCUT2D eigenvalue weighted by atomic mass is 10.2. The van der Waals surface area contributed by atoms with Crippen molar-refractivity contribution < 1.29 is 9.59 Å². The van der Waals surface area contributed by atoms with Gasteiger partial charge in [0.2, 0.25) is 5.91 Å². The van der Waals surface area contributed by atoms with Crippen molar-refractivity contribution in [2.24, 2.45) is 0 Å². The van der Waals surface area contributed by atoms with E-state index >= 15 is 0 Å². The molecule has 144 valence electrons. The van der Waals surface area contributed by atoms with Gasteiger partial charge in [0.05, 0.1) is 0 Å². The van der Waals surface area contributed by atoms with Crippen LogP contribution in [0.15, 0.2) is 41.9 Å². The fraction of sp³-hybridized carbons (Fsp3) is 0.421. The first-order valence-corrected chi connectivity index (χ1v) is 10.1. The Hall–Kier alpha value is -2.45. The third-order valence-electron chi connectivity index (χ3n) is 4.48. The second-order valence-electron chi connectivity index (χ2n) is 6.46. The topological polar surface area (TPSA) is 77.6 Å². The highest BCUT2D eigenvalue weighted by Gasteiger charge is 2.17. The second kappa shape index (κ2) is 10.0. The molecule has 2 heterocycles. The van der Waals surface area contributed by atoms with Crippen molar-refractivity contribution >= 4 is 28.4 Å². The molecule has 0 bridgehead atoms. The molecule has 1 saturated heterocycles. The first-order valence-electron chi connectivity index (χ1n) is 9.19. The van der Waals surface area contributed by atoms with Crippen LogP contribution < -0.4 is 15.5 Å². The first-order chi connectivity index (χ1) is 13.2. The van der Waals surface area contributed by atoms with Crippen LogP contribution in [0.3, 0.4) is 0 Å². The van der Waals surface area contributed by atoms with E-state index in [1.165, 1.54) is 0 Å². The molecule has 2 aromatic rings. The number of nitrogens with zero attached hydrogens (tertiary/aromatic N) is 3. The standard InChI is InChI=1S/C19H25N5O2S/c25-17(22-18(26)21-15-16-5-2-1-3-6-16)7-11-23-9-4-10-24(13-12-23)19-20-8-14-27-19/h1-3,5-6,8,14H,4,7,9-13,15H2,(H2,21,22,25,26). The number of urea groups is 1. The van der Waals surface area contributed by atoms with Crippen molar-refractivity contribution in [2.75, 3.05) is 37.6 Å². The zero-order chi connectivity index (χ0) is 18.9. The van der Waals surface area contributed by atoms with Crippen LogP contribution in [-0.2, 0) is 11.3 Å². The fourth-order valence-corrected chi connectivity index (χ4v) is 3.73. The van der Waals surface area contributed by atoms with E-state index in [9.17, 15) is 9.59 Å². The number of benzene rings is 1. The van der Waals surface area contributed by atoms with Crippen molar-refractivity contribution in [1.82, 2.24) is 20.5 Å². The molecule has 0 radical (unpaired) electrons. The van der Waals surface area contributed by atoms with E-state index in [4.69, 9.17) is 0 Å². The summed E-state index contributed by atoms with van der Waals surface area (Å²) in [6.45, 7) is 4.80.